The second-order valence-corrected chi connectivity index (χ2v) is 3.92. The number of hydrogen-bond donors (Lipinski definition) is 1. The van der Waals surface area contributed by atoms with Crippen molar-refractivity contribution in [2.45, 2.75) is 4.90 Å². The van der Waals surface area contributed by atoms with Crippen molar-refractivity contribution in [1.29, 1.82) is 0 Å². The molecule has 1 heterocycles. The highest BCUT2D eigenvalue weighted by molar-refractivity contribution is 7.98. The first-order valence-corrected chi connectivity index (χ1v) is 5.73. The molecule has 6 heteroatoms. The van der Waals surface area contributed by atoms with Gasteiger partial charge in [0.25, 0.3) is 0 Å². The largest absolute Gasteiger partial charge is 0.476 e. The molecule has 1 aromatic carbocycles. The van der Waals surface area contributed by atoms with Crippen LogP contribution in [0, 0.1) is 0 Å². The number of carbonyl (C=O) groups is 1. The van der Waals surface area contributed by atoms with E-state index in [0.717, 1.165) is 4.90 Å². The molecule has 0 saturated carbocycles. The summed E-state index contributed by atoms with van der Waals surface area (Å²) in [5.41, 5.74) is 0.750. The van der Waals surface area contributed by atoms with Crippen molar-refractivity contribution in [3.63, 3.8) is 0 Å². The van der Waals surface area contributed by atoms with Crippen LogP contribution < -0.4 is 0 Å². The van der Waals surface area contributed by atoms with Gasteiger partial charge in [0.1, 0.15) is 0 Å². The molecule has 0 amide bonds. The van der Waals surface area contributed by atoms with E-state index in [9.17, 15) is 4.79 Å². The van der Waals surface area contributed by atoms with Crippen LogP contribution in [0.25, 0.3) is 5.69 Å². The number of benzene rings is 1. The van der Waals surface area contributed by atoms with Gasteiger partial charge in [-0.25, -0.2) is 9.48 Å². The van der Waals surface area contributed by atoms with Crippen molar-refractivity contribution in [1.82, 2.24) is 15.0 Å². The Labute approximate surface area is 96.1 Å². The van der Waals surface area contributed by atoms with Gasteiger partial charge in [-0.1, -0.05) is 11.3 Å². The third-order valence-electron chi connectivity index (χ3n) is 2.07. The summed E-state index contributed by atoms with van der Waals surface area (Å²) in [5.74, 6) is -1.04. The second-order valence-electron chi connectivity index (χ2n) is 3.04. The molecule has 0 aliphatic carbocycles. The van der Waals surface area contributed by atoms with E-state index in [2.05, 4.69) is 10.3 Å². The maximum absolute atomic E-state index is 10.9. The van der Waals surface area contributed by atoms with E-state index in [4.69, 9.17) is 5.11 Å². The minimum absolute atomic E-state index is 0.0539. The number of rotatable bonds is 3. The molecule has 82 valence electrons. The molecule has 1 N–H and O–H groups in total. The zero-order chi connectivity index (χ0) is 11.5. The highest BCUT2D eigenvalue weighted by Gasteiger charge is 2.12. The van der Waals surface area contributed by atoms with Gasteiger partial charge < -0.3 is 5.11 Å². The molecule has 0 aliphatic heterocycles. The number of nitrogens with zero attached hydrogens (tertiary/aromatic N) is 3. The topological polar surface area (TPSA) is 68.0 Å². The highest BCUT2D eigenvalue weighted by atomic mass is 32.2. The fourth-order valence-corrected chi connectivity index (χ4v) is 1.77. The Morgan fingerprint density at radius 3 is 3.00 bits per heavy atom. The van der Waals surface area contributed by atoms with Crippen LogP contribution in [-0.2, 0) is 0 Å². The summed E-state index contributed by atoms with van der Waals surface area (Å²) in [6.45, 7) is 0. The smallest absolute Gasteiger partial charge is 0.356 e. The lowest BCUT2D eigenvalue weighted by Gasteiger charge is -2.04. The van der Waals surface area contributed by atoms with Gasteiger partial charge in [-0.2, -0.15) is 0 Å². The van der Waals surface area contributed by atoms with Gasteiger partial charge >= 0.3 is 5.97 Å². The van der Waals surface area contributed by atoms with Gasteiger partial charge in [0, 0.05) is 4.90 Å². The molecule has 0 spiro atoms. The maximum Gasteiger partial charge on any atom is 0.356 e. The second kappa shape index (κ2) is 4.36. The molecule has 0 bridgehead atoms. The lowest BCUT2D eigenvalue weighted by atomic mass is 10.3. The summed E-state index contributed by atoms with van der Waals surface area (Å²) >= 11 is 1.59. The van der Waals surface area contributed by atoms with Crippen LogP contribution in [0.3, 0.4) is 0 Å². The van der Waals surface area contributed by atoms with E-state index in [1.165, 1.54) is 10.9 Å². The quantitative estimate of drug-likeness (QED) is 0.820. The van der Waals surface area contributed by atoms with Crippen LogP contribution in [0.4, 0.5) is 0 Å². The molecule has 0 aliphatic rings. The molecule has 16 heavy (non-hydrogen) atoms. The first-order chi connectivity index (χ1) is 7.72. The third-order valence-corrected chi connectivity index (χ3v) is 2.79. The molecule has 0 saturated heterocycles. The molecule has 0 fully saturated rings. The third kappa shape index (κ3) is 1.92. The predicted molar refractivity (Wildman–Crippen MR) is 60.1 cm³/mol. The Balaban J connectivity index is 2.50. The Morgan fingerprint density at radius 1 is 1.50 bits per heavy atom. The number of aromatic nitrogens is 3. The number of hydrogen-bond acceptors (Lipinski definition) is 4. The van der Waals surface area contributed by atoms with E-state index in [1.54, 1.807) is 17.8 Å². The monoisotopic (exact) mass is 235 g/mol. The summed E-state index contributed by atoms with van der Waals surface area (Å²) in [5, 5.41) is 16.3. The first kappa shape index (κ1) is 10.7. The summed E-state index contributed by atoms with van der Waals surface area (Å²) in [7, 11) is 0. The van der Waals surface area contributed by atoms with Crippen molar-refractivity contribution in [3.05, 3.63) is 36.2 Å². The van der Waals surface area contributed by atoms with Crippen molar-refractivity contribution < 1.29 is 9.90 Å². The molecule has 0 atom stereocenters. The van der Waals surface area contributed by atoms with E-state index >= 15 is 0 Å². The van der Waals surface area contributed by atoms with Crippen molar-refractivity contribution in [3.8, 4) is 5.69 Å². The van der Waals surface area contributed by atoms with Gasteiger partial charge in [-0.3, -0.25) is 0 Å². The summed E-state index contributed by atoms with van der Waals surface area (Å²) in [6.07, 6.45) is 3.19. The SMILES string of the molecule is CSc1cccc(-n2nncc2C(=O)O)c1. The Bertz CT molecular complexity index is 524. The number of aromatic carboxylic acids is 1. The molecule has 1 aromatic heterocycles. The normalized spacial score (nSPS) is 10.3. The number of thioether (sulfide) groups is 1. The molecule has 0 unspecified atom stereocenters. The van der Waals surface area contributed by atoms with Crippen molar-refractivity contribution >= 4 is 17.7 Å². The maximum atomic E-state index is 10.9. The van der Waals surface area contributed by atoms with E-state index in [0.29, 0.717) is 5.69 Å². The van der Waals surface area contributed by atoms with Crippen LogP contribution in [-0.4, -0.2) is 32.3 Å². The number of carboxylic acid groups (broad SMARTS) is 1. The standard InChI is InChI=1S/C10H9N3O2S/c1-16-8-4-2-3-7(5-8)13-9(10(14)15)6-11-12-13/h2-6H,1H3,(H,14,15). The average molecular weight is 235 g/mol. The van der Waals surface area contributed by atoms with Crippen molar-refractivity contribution in [2.75, 3.05) is 6.26 Å². The van der Waals surface area contributed by atoms with Crippen LogP contribution in [0.5, 0.6) is 0 Å². The zero-order valence-corrected chi connectivity index (χ0v) is 9.31. The summed E-state index contributed by atoms with van der Waals surface area (Å²) in [6, 6.07) is 7.46. The molecular weight excluding hydrogens is 226 g/mol. The van der Waals surface area contributed by atoms with Gasteiger partial charge in [-0.05, 0) is 24.5 Å². The zero-order valence-electron chi connectivity index (χ0n) is 8.49. The Hall–Kier alpha value is -1.82. The predicted octanol–water partition coefficient (Wildman–Crippen LogP) is 1.69. The molecule has 0 radical (unpaired) electrons. The van der Waals surface area contributed by atoms with Crippen LogP contribution in [0.2, 0.25) is 0 Å². The average Bonchev–Trinajstić information content (AvgIpc) is 2.78. The molecule has 5 nitrogen and oxygen atoms in total. The highest BCUT2D eigenvalue weighted by Crippen LogP contribution is 2.18. The van der Waals surface area contributed by atoms with Gasteiger partial charge in [-0.15, -0.1) is 16.9 Å². The Morgan fingerprint density at radius 2 is 2.31 bits per heavy atom. The van der Waals surface area contributed by atoms with E-state index < -0.39 is 5.97 Å². The van der Waals surface area contributed by atoms with E-state index in [-0.39, 0.29) is 5.69 Å². The van der Waals surface area contributed by atoms with Crippen LogP contribution in [0.15, 0.2) is 35.4 Å². The lowest BCUT2D eigenvalue weighted by molar-refractivity contribution is 0.0687. The molecule has 2 aromatic rings. The minimum Gasteiger partial charge on any atom is -0.476 e. The molecule has 2 rings (SSSR count). The van der Waals surface area contributed by atoms with Gasteiger partial charge in [0.15, 0.2) is 5.69 Å². The van der Waals surface area contributed by atoms with Crippen LogP contribution in [0.1, 0.15) is 10.5 Å². The fourth-order valence-electron chi connectivity index (χ4n) is 1.31. The van der Waals surface area contributed by atoms with Crippen molar-refractivity contribution in [2.24, 2.45) is 0 Å². The summed E-state index contributed by atoms with van der Waals surface area (Å²) < 4.78 is 1.31. The first-order valence-electron chi connectivity index (χ1n) is 4.51. The fraction of sp³-hybridized carbons (Fsp3) is 0.100. The van der Waals surface area contributed by atoms with Gasteiger partial charge in [0.2, 0.25) is 0 Å². The summed E-state index contributed by atoms with van der Waals surface area (Å²) in [4.78, 5) is 12.0. The minimum atomic E-state index is -1.04. The molecular formula is C10H9N3O2S. The van der Waals surface area contributed by atoms with Crippen LogP contribution >= 0.6 is 11.8 Å². The lowest BCUT2D eigenvalue weighted by Crippen LogP contribution is -2.07. The Kier molecular flexibility index (Phi) is 2.91. The van der Waals surface area contributed by atoms with Gasteiger partial charge in [0.05, 0.1) is 11.9 Å². The number of carboxylic acids is 1. The van der Waals surface area contributed by atoms with E-state index in [1.807, 2.05) is 24.5 Å².